The molecule has 1 fully saturated rings. The Kier molecular flexibility index (Phi) is 5.99. The summed E-state index contributed by atoms with van der Waals surface area (Å²) in [5.41, 5.74) is -0.398. The number of halogens is 3. The van der Waals surface area contributed by atoms with Crippen molar-refractivity contribution in [1.29, 1.82) is 0 Å². The van der Waals surface area contributed by atoms with E-state index in [0.29, 0.717) is 17.5 Å². The van der Waals surface area contributed by atoms with Gasteiger partial charge in [0.05, 0.1) is 12.7 Å². The number of carbonyl (C=O) groups is 1. The van der Waals surface area contributed by atoms with Crippen LogP contribution in [0, 0.1) is 17.5 Å². The van der Waals surface area contributed by atoms with Gasteiger partial charge < -0.3 is 15.0 Å². The summed E-state index contributed by atoms with van der Waals surface area (Å²) in [4.78, 5) is 18.1. The van der Waals surface area contributed by atoms with Crippen LogP contribution < -0.4 is 15.0 Å². The summed E-state index contributed by atoms with van der Waals surface area (Å²) >= 11 is 0. The molecule has 1 heterocycles. The molecule has 0 spiro atoms. The molecule has 1 aliphatic heterocycles. The summed E-state index contributed by atoms with van der Waals surface area (Å²) in [6.45, 7) is 0.795. The third-order valence-corrected chi connectivity index (χ3v) is 4.61. The first kappa shape index (κ1) is 19.9. The number of nitrogens with zero attached hydrogens (tertiary/aromatic N) is 2. The van der Waals surface area contributed by atoms with Crippen LogP contribution >= 0.6 is 0 Å². The van der Waals surface area contributed by atoms with Gasteiger partial charge >= 0.3 is 0 Å². The average molecular weight is 391 g/mol. The van der Waals surface area contributed by atoms with Crippen molar-refractivity contribution in [2.45, 2.75) is 18.9 Å². The Hall–Kier alpha value is -2.87. The van der Waals surface area contributed by atoms with Crippen LogP contribution in [0.3, 0.4) is 0 Å². The normalized spacial score (nSPS) is 16.5. The molecule has 1 unspecified atom stereocenters. The Balaban J connectivity index is 1.97. The molecule has 1 N–H and O–H groups in total. The molecule has 28 heavy (non-hydrogen) atoms. The van der Waals surface area contributed by atoms with E-state index in [4.69, 9.17) is 4.74 Å². The van der Waals surface area contributed by atoms with Gasteiger partial charge in [0.2, 0.25) is 0 Å². The van der Waals surface area contributed by atoms with Gasteiger partial charge in [-0.15, -0.1) is 0 Å². The Labute approximate surface area is 160 Å². The van der Waals surface area contributed by atoms with Gasteiger partial charge in [-0.25, -0.2) is 13.2 Å². The second kappa shape index (κ2) is 8.43. The van der Waals surface area contributed by atoms with Crippen molar-refractivity contribution in [3.05, 3.63) is 53.3 Å². The predicted molar refractivity (Wildman–Crippen MR) is 101 cm³/mol. The van der Waals surface area contributed by atoms with Gasteiger partial charge in [0.1, 0.15) is 11.4 Å². The predicted octanol–water partition coefficient (Wildman–Crippen LogP) is 3.84. The molecule has 5 nitrogen and oxygen atoms in total. The minimum Gasteiger partial charge on any atom is -0.497 e. The Morgan fingerprint density at radius 3 is 2.57 bits per heavy atom. The van der Waals surface area contributed by atoms with E-state index in [1.165, 1.54) is 25.3 Å². The Morgan fingerprint density at radius 1 is 1.25 bits per heavy atom. The molecule has 0 aromatic heterocycles. The number of methoxy groups -OCH3 is 1. The lowest BCUT2D eigenvalue weighted by Gasteiger charge is -2.19. The highest BCUT2D eigenvalue weighted by atomic mass is 19.2. The largest absolute Gasteiger partial charge is 0.497 e. The number of aliphatic imine (C=N–C) groups is 1. The maximum Gasteiger partial charge on any atom is 0.260 e. The molecule has 1 atom stereocenters. The lowest BCUT2D eigenvalue weighted by Crippen LogP contribution is -2.27. The zero-order valence-electron chi connectivity index (χ0n) is 15.5. The van der Waals surface area contributed by atoms with Crippen LogP contribution in [0.15, 0.2) is 35.3 Å². The van der Waals surface area contributed by atoms with Gasteiger partial charge in [-0.3, -0.25) is 9.79 Å². The van der Waals surface area contributed by atoms with E-state index < -0.39 is 29.0 Å². The molecule has 2 aromatic rings. The molecular weight excluding hydrogens is 371 g/mol. The minimum absolute atomic E-state index is 0.102. The van der Waals surface area contributed by atoms with E-state index >= 15 is 0 Å². The number of benzene rings is 2. The van der Waals surface area contributed by atoms with Gasteiger partial charge in [0.25, 0.3) is 5.91 Å². The molecule has 0 aliphatic carbocycles. The fourth-order valence-electron chi connectivity index (χ4n) is 2.98. The summed E-state index contributed by atoms with van der Waals surface area (Å²) in [5, 5.41) is 3.13. The van der Waals surface area contributed by atoms with Crippen molar-refractivity contribution in [2.24, 2.45) is 4.99 Å². The maximum absolute atomic E-state index is 14.4. The van der Waals surface area contributed by atoms with E-state index in [1.54, 1.807) is 24.3 Å². The monoisotopic (exact) mass is 391 g/mol. The van der Waals surface area contributed by atoms with Gasteiger partial charge in [0.15, 0.2) is 17.5 Å². The molecule has 1 aliphatic rings. The van der Waals surface area contributed by atoms with Crippen LogP contribution in [-0.2, 0) is 0 Å². The first-order valence-corrected chi connectivity index (χ1v) is 8.79. The van der Waals surface area contributed by atoms with Crippen LogP contribution in [-0.4, -0.2) is 38.9 Å². The lowest BCUT2D eigenvalue weighted by molar-refractivity contribution is 0.0992. The molecule has 0 radical (unpaired) electrons. The van der Waals surface area contributed by atoms with Crippen LogP contribution in [0.4, 0.5) is 24.5 Å². The molecule has 1 amide bonds. The molecule has 148 valence electrons. The molecule has 1 saturated heterocycles. The number of rotatable bonds is 5. The number of nitrogens with one attached hydrogen (secondary N) is 1. The van der Waals surface area contributed by atoms with Crippen molar-refractivity contribution >= 4 is 23.5 Å². The fraction of sp³-hybridized carbons (Fsp3) is 0.300. The van der Waals surface area contributed by atoms with Gasteiger partial charge in [-0.05, 0) is 49.7 Å². The van der Waals surface area contributed by atoms with E-state index in [-0.39, 0.29) is 11.6 Å². The van der Waals surface area contributed by atoms with Crippen molar-refractivity contribution in [2.75, 3.05) is 25.6 Å². The summed E-state index contributed by atoms with van der Waals surface area (Å²) < 4.78 is 47.0. The van der Waals surface area contributed by atoms with Gasteiger partial charge in [-0.1, -0.05) is 0 Å². The number of hydrogen-bond acceptors (Lipinski definition) is 4. The van der Waals surface area contributed by atoms with Crippen molar-refractivity contribution in [3.8, 4) is 5.75 Å². The van der Waals surface area contributed by atoms with Crippen molar-refractivity contribution in [1.82, 2.24) is 5.32 Å². The van der Waals surface area contributed by atoms with Crippen LogP contribution in [0.25, 0.3) is 0 Å². The Bertz CT molecular complexity index is 895. The zero-order valence-corrected chi connectivity index (χ0v) is 15.5. The number of ether oxygens (including phenoxy) is 1. The molecule has 3 rings (SSSR count). The highest BCUT2D eigenvalue weighted by molar-refractivity contribution is 6.09. The smallest absolute Gasteiger partial charge is 0.260 e. The first-order chi connectivity index (χ1) is 13.4. The summed E-state index contributed by atoms with van der Waals surface area (Å²) in [6.07, 6.45) is 3.15. The van der Waals surface area contributed by atoms with E-state index in [2.05, 4.69) is 10.3 Å². The molecule has 2 aromatic carbocycles. The standard InChI is InChI=1S/C20H20F3N3O2/c1-26(13-5-7-14(28-2)8-6-13)20(27)15-10-16(21)17(22)18(23)19(15)25-11-12-4-3-9-24-12/h5-8,10-12,24H,3-4,9H2,1-2H3/b25-11+. The fourth-order valence-corrected chi connectivity index (χ4v) is 2.98. The van der Waals surface area contributed by atoms with E-state index in [9.17, 15) is 18.0 Å². The molecular formula is C20H20F3N3O2. The van der Waals surface area contributed by atoms with Crippen molar-refractivity contribution in [3.63, 3.8) is 0 Å². The third kappa shape index (κ3) is 4.01. The number of hydrogen-bond donors (Lipinski definition) is 1. The second-order valence-electron chi connectivity index (χ2n) is 6.43. The molecule has 8 heteroatoms. The topological polar surface area (TPSA) is 53.9 Å². The minimum atomic E-state index is -1.66. The van der Waals surface area contributed by atoms with E-state index in [0.717, 1.165) is 19.4 Å². The van der Waals surface area contributed by atoms with Crippen molar-refractivity contribution < 1.29 is 22.7 Å². The van der Waals surface area contributed by atoms with Gasteiger partial charge in [0, 0.05) is 25.0 Å². The number of amides is 1. The van der Waals surface area contributed by atoms with Crippen LogP contribution in [0.1, 0.15) is 23.2 Å². The quantitative estimate of drug-likeness (QED) is 0.622. The molecule has 0 saturated carbocycles. The number of carbonyl (C=O) groups excluding carboxylic acids is 1. The van der Waals surface area contributed by atoms with Crippen LogP contribution in [0.5, 0.6) is 5.75 Å². The zero-order chi connectivity index (χ0) is 20.3. The number of anilines is 1. The summed E-state index contributed by atoms with van der Waals surface area (Å²) in [5.74, 6) is -4.70. The molecule has 0 bridgehead atoms. The lowest BCUT2D eigenvalue weighted by atomic mass is 10.1. The summed E-state index contributed by atoms with van der Waals surface area (Å²) in [6, 6.07) is 7.12. The first-order valence-electron chi connectivity index (χ1n) is 8.79. The Morgan fingerprint density at radius 2 is 1.96 bits per heavy atom. The van der Waals surface area contributed by atoms with Crippen LogP contribution in [0.2, 0.25) is 0 Å². The highest BCUT2D eigenvalue weighted by Gasteiger charge is 2.25. The maximum atomic E-state index is 14.4. The van der Waals surface area contributed by atoms with Gasteiger partial charge in [-0.2, -0.15) is 0 Å². The average Bonchev–Trinajstić information content (AvgIpc) is 3.23. The highest BCUT2D eigenvalue weighted by Crippen LogP contribution is 2.30. The third-order valence-electron chi connectivity index (χ3n) is 4.61. The van der Waals surface area contributed by atoms with E-state index in [1.807, 2.05) is 0 Å². The SMILES string of the molecule is COc1ccc(N(C)C(=O)c2cc(F)c(F)c(F)c2/N=C/C2CCCN2)cc1. The summed E-state index contributed by atoms with van der Waals surface area (Å²) in [7, 11) is 2.97. The second-order valence-corrected chi connectivity index (χ2v) is 6.43.